The minimum atomic E-state index is -0.0554. The van der Waals surface area contributed by atoms with Gasteiger partial charge in [0.15, 0.2) is 5.82 Å². The number of aromatic nitrogens is 2. The van der Waals surface area contributed by atoms with Crippen LogP contribution in [0, 0.1) is 6.92 Å². The van der Waals surface area contributed by atoms with Gasteiger partial charge < -0.3 is 9.84 Å². The van der Waals surface area contributed by atoms with Crippen molar-refractivity contribution < 1.29 is 9.84 Å². The summed E-state index contributed by atoms with van der Waals surface area (Å²) in [6, 6.07) is 1.79. The summed E-state index contributed by atoms with van der Waals surface area (Å²) in [5.41, 5.74) is 1.53. The third-order valence-corrected chi connectivity index (χ3v) is 2.29. The van der Waals surface area contributed by atoms with E-state index < -0.39 is 0 Å². The van der Waals surface area contributed by atoms with Crippen molar-refractivity contribution in [3.63, 3.8) is 0 Å². The molecule has 16 heavy (non-hydrogen) atoms. The van der Waals surface area contributed by atoms with Crippen LogP contribution in [0.25, 0.3) is 0 Å². The molecule has 0 bridgehead atoms. The van der Waals surface area contributed by atoms with E-state index in [-0.39, 0.29) is 12.7 Å². The van der Waals surface area contributed by atoms with Gasteiger partial charge in [0.2, 0.25) is 0 Å². The highest BCUT2D eigenvalue weighted by molar-refractivity contribution is 5.10. The summed E-state index contributed by atoms with van der Waals surface area (Å²) in [4.78, 5) is 8.68. The average molecular weight is 224 g/mol. The van der Waals surface area contributed by atoms with Gasteiger partial charge in [-0.05, 0) is 26.3 Å². The van der Waals surface area contributed by atoms with Crippen LogP contribution in [0.4, 0.5) is 0 Å². The van der Waals surface area contributed by atoms with Gasteiger partial charge in [0, 0.05) is 12.3 Å². The molecule has 1 aromatic heterocycles. The highest BCUT2D eigenvalue weighted by Gasteiger charge is 2.14. The Morgan fingerprint density at radius 3 is 2.69 bits per heavy atom. The summed E-state index contributed by atoms with van der Waals surface area (Å²) in [5, 5.41) is 9.10. The first kappa shape index (κ1) is 13.1. The molecule has 0 radical (unpaired) electrons. The quantitative estimate of drug-likeness (QED) is 0.804. The molecule has 0 aliphatic heterocycles. The Morgan fingerprint density at radius 2 is 2.12 bits per heavy atom. The third kappa shape index (κ3) is 3.54. The van der Waals surface area contributed by atoms with Crippen molar-refractivity contribution in [2.24, 2.45) is 0 Å². The Balaban J connectivity index is 2.93. The number of ether oxygens (including phenoxy) is 1. The minimum absolute atomic E-state index is 0.0542. The first-order valence-corrected chi connectivity index (χ1v) is 5.78. The lowest BCUT2D eigenvalue weighted by Crippen LogP contribution is -2.11. The summed E-state index contributed by atoms with van der Waals surface area (Å²) in [7, 11) is 0. The monoisotopic (exact) mass is 224 g/mol. The van der Waals surface area contributed by atoms with Crippen LogP contribution in [0.1, 0.15) is 50.0 Å². The maximum absolute atomic E-state index is 9.10. The second-order valence-electron chi connectivity index (χ2n) is 3.75. The van der Waals surface area contributed by atoms with Crippen LogP contribution in [0.5, 0.6) is 0 Å². The molecule has 0 aromatic carbocycles. The van der Waals surface area contributed by atoms with Gasteiger partial charge in [-0.25, -0.2) is 9.97 Å². The molecule has 4 heteroatoms. The molecule has 1 rings (SSSR count). The number of aryl methyl sites for hydroxylation is 1. The highest BCUT2D eigenvalue weighted by Crippen LogP contribution is 2.20. The highest BCUT2D eigenvalue weighted by atomic mass is 16.5. The van der Waals surface area contributed by atoms with E-state index in [1.807, 2.05) is 13.8 Å². The number of nitrogens with zero attached hydrogens (tertiary/aromatic N) is 2. The molecule has 4 nitrogen and oxygen atoms in total. The van der Waals surface area contributed by atoms with E-state index in [0.717, 1.165) is 18.5 Å². The predicted molar refractivity (Wildman–Crippen MR) is 62.0 cm³/mol. The normalized spacial score (nSPS) is 12.8. The number of aliphatic hydroxyl groups excluding tert-OH is 1. The van der Waals surface area contributed by atoms with Crippen molar-refractivity contribution in [1.82, 2.24) is 9.97 Å². The van der Waals surface area contributed by atoms with Crippen LogP contribution in [0.3, 0.4) is 0 Å². The molecule has 1 unspecified atom stereocenters. The molecule has 0 fully saturated rings. The molecule has 1 aromatic rings. The lowest BCUT2D eigenvalue weighted by Gasteiger charge is -2.15. The van der Waals surface area contributed by atoms with E-state index in [1.165, 1.54) is 0 Å². The second kappa shape index (κ2) is 6.55. The van der Waals surface area contributed by atoms with Gasteiger partial charge >= 0.3 is 0 Å². The van der Waals surface area contributed by atoms with Gasteiger partial charge in [-0.1, -0.05) is 13.3 Å². The summed E-state index contributed by atoms with van der Waals surface area (Å²) in [6.45, 7) is 6.57. The molecule has 1 heterocycles. The Morgan fingerprint density at radius 1 is 1.38 bits per heavy atom. The Kier molecular flexibility index (Phi) is 5.35. The van der Waals surface area contributed by atoms with E-state index in [0.29, 0.717) is 18.1 Å². The Labute approximate surface area is 96.7 Å². The van der Waals surface area contributed by atoms with E-state index in [1.54, 1.807) is 6.07 Å². The zero-order chi connectivity index (χ0) is 12.0. The van der Waals surface area contributed by atoms with Crippen LogP contribution >= 0.6 is 0 Å². The first-order valence-electron chi connectivity index (χ1n) is 5.78. The molecule has 0 aliphatic carbocycles. The fourth-order valence-electron chi connectivity index (χ4n) is 1.63. The topological polar surface area (TPSA) is 55.2 Å². The predicted octanol–water partition coefficient (Wildman–Crippen LogP) is 2.16. The van der Waals surface area contributed by atoms with Crippen molar-refractivity contribution in [1.29, 1.82) is 0 Å². The van der Waals surface area contributed by atoms with Gasteiger partial charge in [-0.15, -0.1) is 0 Å². The van der Waals surface area contributed by atoms with Crippen LogP contribution in [0.15, 0.2) is 6.07 Å². The van der Waals surface area contributed by atoms with Gasteiger partial charge in [-0.3, -0.25) is 0 Å². The molecular weight excluding hydrogens is 204 g/mol. The number of rotatable bonds is 6. The van der Waals surface area contributed by atoms with E-state index >= 15 is 0 Å². The third-order valence-electron chi connectivity index (χ3n) is 2.29. The fraction of sp³-hybridized carbons (Fsp3) is 0.667. The number of aliphatic hydroxyl groups is 1. The van der Waals surface area contributed by atoms with Crippen LogP contribution in [0.2, 0.25) is 0 Å². The molecule has 0 amide bonds. The van der Waals surface area contributed by atoms with Crippen LogP contribution in [-0.4, -0.2) is 21.7 Å². The van der Waals surface area contributed by atoms with Crippen molar-refractivity contribution in [3.8, 4) is 0 Å². The molecular formula is C12H20N2O2. The summed E-state index contributed by atoms with van der Waals surface area (Å²) in [6.07, 6.45) is 1.87. The molecule has 0 saturated carbocycles. The Hall–Kier alpha value is -1.00. The van der Waals surface area contributed by atoms with Gasteiger partial charge in [0.1, 0.15) is 6.10 Å². The molecule has 1 N–H and O–H groups in total. The number of hydrogen-bond acceptors (Lipinski definition) is 4. The average Bonchev–Trinajstić information content (AvgIpc) is 2.28. The van der Waals surface area contributed by atoms with Gasteiger partial charge in [-0.2, -0.15) is 0 Å². The molecule has 0 aliphatic rings. The molecule has 90 valence electrons. The largest absolute Gasteiger partial charge is 0.390 e. The zero-order valence-corrected chi connectivity index (χ0v) is 10.2. The molecule has 0 saturated heterocycles. The van der Waals surface area contributed by atoms with Crippen molar-refractivity contribution >= 4 is 0 Å². The Bertz CT molecular complexity index is 323. The van der Waals surface area contributed by atoms with Crippen LogP contribution in [-0.2, 0) is 11.3 Å². The molecule has 0 spiro atoms. The van der Waals surface area contributed by atoms with Gasteiger partial charge in [0.05, 0.1) is 12.3 Å². The lowest BCUT2D eigenvalue weighted by atomic mass is 10.2. The fourth-order valence-corrected chi connectivity index (χ4v) is 1.63. The maximum atomic E-state index is 9.10. The van der Waals surface area contributed by atoms with Crippen molar-refractivity contribution in [2.45, 2.75) is 46.3 Å². The second-order valence-corrected chi connectivity index (χ2v) is 3.75. The summed E-state index contributed by atoms with van der Waals surface area (Å²) in [5.74, 6) is 0.688. The van der Waals surface area contributed by atoms with Crippen molar-refractivity contribution in [3.05, 3.63) is 23.3 Å². The summed E-state index contributed by atoms with van der Waals surface area (Å²) >= 11 is 0. The molecule has 1 atom stereocenters. The first-order chi connectivity index (χ1) is 7.71. The van der Waals surface area contributed by atoms with E-state index in [4.69, 9.17) is 9.84 Å². The maximum Gasteiger partial charge on any atom is 0.157 e. The zero-order valence-electron chi connectivity index (χ0n) is 10.2. The van der Waals surface area contributed by atoms with E-state index in [2.05, 4.69) is 16.9 Å². The summed E-state index contributed by atoms with van der Waals surface area (Å²) < 4.78 is 5.62. The van der Waals surface area contributed by atoms with Crippen LogP contribution < -0.4 is 0 Å². The smallest absolute Gasteiger partial charge is 0.157 e. The SMILES string of the molecule is CCCC(OCC)c1nc(C)cc(CO)n1. The van der Waals surface area contributed by atoms with Crippen molar-refractivity contribution in [2.75, 3.05) is 6.61 Å². The lowest BCUT2D eigenvalue weighted by molar-refractivity contribution is 0.0489. The van der Waals surface area contributed by atoms with Gasteiger partial charge in [0.25, 0.3) is 0 Å². The van der Waals surface area contributed by atoms with E-state index in [9.17, 15) is 0 Å². The number of hydrogen-bond donors (Lipinski definition) is 1. The minimum Gasteiger partial charge on any atom is -0.390 e. The standard InChI is InChI=1S/C12H20N2O2/c1-4-6-11(16-5-2)12-13-9(3)7-10(8-15)14-12/h7,11,15H,4-6,8H2,1-3H3.